The van der Waals surface area contributed by atoms with Gasteiger partial charge in [-0.3, -0.25) is 4.79 Å². The molecule has 24 heavy (non-hydrogen) atoms. The minimum Gasteiger partial charge on any atom is -0.394 e. The molecule has 7 heteroatoms. The molecule has 126 valence electrons. The normalized spacial score (nSPS) is 21.3. The number of carbonyl (C=O) groups excluding carboxylic acids is 1. The molecule has 0 aliphatic heterocycles. The third kappa shape index (κ3) is 2.39. The van der Waals surface area contributed by atoms with Crippen LogP contribution in [-0.4, -0.2) is 37.9 Å². The Bertz CT molecular complexity index is 830. The standard InChI is InChI=1S/C17H19FN4O2/c1-17(2,8-23)20-16(24)14-12-6-9-5-11(9)15(12)22(21-14)13-7-10(18)3-4-19-13/h3-4,7,9,11,23H,5-6,8H2,1-2H3,(H,20,24)/t9-,11-/m1/s1. The largest absolute Gasteiger partial charge is 0.394 e. The van der Waals surface area contributed by atoms with E-state index in [0.29, 0.717) is 23.3 Å². The number of aliphatic hydroxyl groups is 1. The van der Waals surface area contributed by atoms with Gasteiger partial charge in [-0.1, -0.05) is 0 Å². The third-order valence-electron chi connectivity index (χ3n) is 4.75. The van der Waals surface area contributed by atoms with E-state index in [9.17, 15) is 14.3 Å². The number of amides is 1. The highest BCUT2D eigenvalue weighted by Gasteiger charge is 2.50. The summed E-state index contributed by atoms with van der Waals surface area (Å²) in [4.78, 5) is 16.8. The average Bonchev–Trinajstić information content (AvgIpc) is 3.03. The van der Waals surface area contributed by atoms with Gasteiger partial charge < -0.3 is 10.4 Å². The molecular formula is C17H19FN4O2. The second-order valence-electron chi connectivity index (χ2n) is 7.26. The van der Waals surface area contributed by atoms with Crippen molar-refractivity contribution in [1.82, 2.24) is 20.1 Å². The number of hydrogen-bond donors (Lipinski definition) is 2. The van der Waals surface area contributed by atoms with Crippen LogP contribution in [0.1, 0.15) is 47.9 Å². The van der Waals surface area contributed by atoms with Crippen LogP contribution in [0.2, 0.25) is 0 Å². The number of carbonyl (C=O) groups is 1. The van der Waals surface area contributed by atoms with Crippen LogP contribution >= 0.6 is 0 Å². The van der Waals surface area contributed by atoms with Crippen LogP contribution in [0.25, 0.3) is 5.82 Å². The van der Waals surface area contributed by atoms with E-state index in [-0.39, 0.29) is 18.3 Å². The minimum absolute atomic E-state index is 0.168. The molecule has 6 nitrogen and oxygen atoms in total. The number of nitrogens with one attached hydrogen (secondary N) is 1. The summed E-state index contributed by atoms with van der Waals surface area (Å²) in [6, 6.07) is 2.60. The van der Waals surface area contributed by atoms with Crippen LogP contribution in [0.15, 0.2) is 18.3 Å². The van der Waals surface area contributed by atoms with Crippen LogP contribution in [-0.2, 0) is 6.42 Å². The van der Waals surface area contributed by atoms with E-state index in [1.54, 1.807) is 18.5 Å². The van der Waals surface area contributed by atoms with Crippen LogP contribution in [0.4, 0.5) is 4.39 Å². The molecule has 0 unspecified atom stereocenters. The van der Waals surface area contributed by atoms with Gasteiger partial charge in [-0.05, 0) is 38.7 Å². The molecule has 2 aromatic heterocycles. The van der Waals surface area contributed by atoms with Crippen LogP contribution in [0, 0.1) is 11.7 Å². The third-order valence-corrected chi connectivity index (χ3v) is 4.75. The molecular weight excluding hydrogens is 311 g/mol. The fourth-order valence-electron chi connectivity index (χ4n) is 3.39. The number of aliphatic hydroxyl groups excluding tert-OH is 1. The number of halogens is 1. The molecule has 0 spiro atoms. The zero-order valence-electron chi connectivity index (χ0n) is 13.6. The Balaban J connectivity index is 1.76. The van der Waals surface area contributed by atoms with E-state index >= 15 is 0 Å². The summed E-state index contributed by atoms with van der Waals surface area (Å²) in [5.41, 5.74) is 1.52. The molecule has 0 saturated heterocycles. The number of fused-ring (bicyclic) bond motifs is 3. The zero-order valence-corrected chi connectivity index (χ0v) is 13.6. The van der Waals surface area contributed by atoms with Gasteiger partial charge in [0.1, 0.15) is 5.82 Å². The van der Waals surface area contributed by atoms with Gasteiger partial charge in [0.15, 0.2) is 11.5 Å². The molecule has 1 amide bonds. The van der Waals surface area contributed by atoms with Crippen molar-refractivity contribution in [1.29, 1.82) is 0 Å². The van der Waals surface area contributed by atoms with Crippen molar-refractivity contribution >= 4 is 5.91 Å². The average molecular weight is 330 g/mol. The van der Waals surface area contributed by atoms with Gasteiger partial charge in [-0.15, -0.1) is 0 Å². The number of nitrogens with zero attached hydrogens (tertiary/aromatic N) is 3. The summed E-state index contributed by atoms with van der Waals surface area (Å²) in [5, 5.41) is 16.6. The maximum absolute atomic E-state index is 13.6. The van der Waals surface area contributed by atoms with Crippen molar-refractivity contribution in [2.75, 3.05) is 6.61 Å². The number of rotatable bonds is 4. The smallest absolute Gasteiger partial charge is 0.272 e. The fraction of sp³-hybridized carbons (Fsp3) is 0.471. The minimum atomic E-state index is -0.730. The van der Waals surface area contributed by atoms with E-state index in [1.165, 1.54) is 18.3 Å². The molecule has 4 rings (SSSR count). The van der Waals surface area contributed by atoms with E-state index in [2.05, 4.69) is 15.4 Å². The molecule has 2 atom stereocenters. The van der Waals surface area contributed by atoms with Crippen molar-refractivity contribution in [2.45, 2.75) is 38.1 Å². The monoisotopic (exact) mass is 330 g/mol. The van der Waals surface area contributed by atoms with Crippen LogP contribution in [0.5, 0.6) is 0 Å². The molecule has 1 fully saturated rings. The Morgan fingerprint density at radius 2 is 2.33 bits per heavy atom. The predicted octanol–water partition coefficient (Wildman–Crippen LogP) is 1.57. The lowest BCUT2D eigenvalue weighted by molar-refractivity contribution is 0.0863. The van der Waals surface area contributed by atoms with Crippen molar-refractivity contribution in [3.05, 3.63) is 41.1 Å². The Hall–Kier alpha value is -2.28. The summed E-state index contributed by atoms with van der Waals surface area (Å²) in [6.45, 7) is 3.32. The molecule has 1 saturated carbocycles. The first kappa shape index (κ1) is 15.3. The number of hydrogen-bond acceptors (Lipinski definition) is 4. The van der Waals surface area contributed by atoms with Gasteiger partial charge in [-0.25, -0.2) is 14.1 Å². The molecule has 2 aliphatic rings. The summed E-state index contributed by atoms with van der Waals surface area (Å²) in [5.74, 6) is 0.614. The second-order valence-corrected chi connectivity index (χ2v) is 7.26. The molecule has 0 bridgehead atoms. The van der Waals surface area contributed by atoms with Gasteiger partial charge >= 0.3 is 0 Å². The SMILES string of the molecule is CC(C)(CO)NC(=O)c1nn(-c2cc(F)ccn2)c2c1C[C@H]1C[C@@H]21. The van der Waals surface area contributed by atoms with Crippen molar-refractivity contribution in [3.63, 3.8) is 0 Å². The highest BCUT2D eigenvalue weighted by atomic mass is 19.1. The maximum Gasteiger partial charge on any atom is 0.272 e. The van der Waals surface area contributed by atoms with Gasteiger partial charge in [-0.2, -0.15) is 5.10 Å². The molecule has 2 N–H and O–H groups in total. The second kappa shape index (κ2) is 5.11. The molecule has 2 aromatic rings. The number of aromatic nitrogens is 3. The fourth-order valence-corrected chi connectivity index (χ4v) is 3.39. The van der Waals surface area contributed by atoms with E-state index in [0.717, 1.165) is 24.1 Å². The maximum atomic E-state index is 13.6. The first-order valence-corrected chi connectivity index (χ1v) is 8.07. The van der Waals surface area contributed by atoms with Gasteiger partial charge in [0.2, 0.25) is 0 Å². The molecule has 0 aromatic carbocycles. The van der Waals surface area contributed by atoms with Gasteiger partial charge in [0.05, 0.1) is 17.8 Å². The van der Waals surface area contributed by atoms with Crippen LogP contribution < -0.4 is 5.32 Å². The Kier molecular flexibility index (Phi) is 3.25. The lowest BCUT2D eigenvalue weighted by Crippen LogP contribution is -2.46. The first-order valence-electron chi connectivity index (χ1n) is 8.07. The van der Waals surface area contributed by atoms with Crippen molar-refractivity contribution in [2.24, 2.45) is 5.92 Å². The molecule has 2 heterocycles. The quantitative estimate of drug-likeness (QED) is 0.892. The molecule has 0 radical (unpaired) electrons. The molecule has 2 aliphatic carbocycles. The lowest BCUT2D eigenvalue weighted by Gasteiger charge is -2.23. The summed E-state index contributed by atoms with van der Waals surface area (Å²) < 4.78 is 15.2. The van der Waals surface area contributed by atoms with Crippen molar-refractivity contribution in [3.8, 4) is 5.82 Å². The van der Waals surface area contributed by atoms with Crippen LogP contribution in [0.3, 0.4) is 0 Å². The Morgan fingerprint density at radius 1 is 1.54 bits per heavy atom. The topological polar surface area (TPSA) is 80.0 Å². The van der Waals surface area contributed by atoms with Gasteiger partial charge in [0, 0.05) is 23.7 Å². The highest BCUT2D eigenvalue weighted by Crippen LogP contribution is 2.57. The Morgan fingerprint density at radius 3 is 3.04 bits per heavy atom. The van der Waals surface area contributed by atoms with Crippen molar-refractivity contribution < 1.29 is 14.3 Å². The number of pyridine rings is 1. The lowest BCUT2D eigenvalue weighted by atomic mass is 10.1. The first-order chi connectivity index (χ1) is 11.4. The Labute approximate surface area is 138 Å². The summed E-state index contributed by atoms with van der Waals surface area (Å²) in [6.07, 6.45) is 3.29. The summed E-state index contributed by atoms with van der Waals surface area (Å²) >= 11 is 0. The predicted molar refractivity (Wildman–Crippen MR) is 84.5 cm³/mol. The van der Waals surface area contributed by atoms with E-state index in [1.807, 2.05) is 0 Å². The zero-order chi connectivity index (χ0) is 17.1. The highest BCUT2D eigenvalue weighted by molar-refractivity contribution is 5.95. The summed E-state index contributed by atoms with van der Waals surface area (Å²) in [7, 11) is 0. The van der Waals surface area contributed by atoms with E-state index in [4.69, 9.17) is 0 Å². The van der Waals surface area contributed by atoms with Gasteiger partial charge in [0.25, 0.3) is 5.91 Å². The van der Waals surface area contributed by atoms with E-state index < -0.39 is 5.54 Å².